The lowest BCUT2D eigenvalue weighted by Crippen LogP contribution is -2.23. The molecule has 1 aliphatic rings. The van der Waals surface area contributed by atoms with Crippen LogP contribution in [0.1, 0.15) is 41.4 Å². The van der Waals surface area contributed by atoms with Crippen LogP contribution in [-0.4, -0.2) is 28.5 Å². The summed E-state index contributed by atoms with van der Waals surface area (Å²) >= 11 is 0. The molecule has 1 atom stereocenters. The van der Waals surface area contributed by atoms with Gasteiger partial charge in [-0.15, -0.1) is 0 Å². The van der Waals surface area contributed by atoms with Gasteiger partial charge in [-0.1, -0.05) is 24.3 Å². The third kappa shape index (κ3) is 4.34. The van der Waals surface area contributed by atoms with E-state index in [4.69, 9.17) is 9.72 Å². The topological polar surface area (TPSA) is 38.2 Å². The molecule has 4 rings (SSSR count). The van der Waals surface area contributed by atoms with Crippen LogP contribution in [0, 0.1) is 0 Å². The number of likely N-dealkylation sites (tertiary alicyclic amines) is 1. The average molecular weight is 359 g/mol. The van der Waals surface area contributed by atoms with Gasteiger partial charge >= 0.3 is 0 Å². The number of hydrogen-bond acceptors (Lipinski definition) is 4. The molecule has 0 radical (unpaired) electrons. The molecule has 27 heavy (non-hydrogen) atoms. The molecule has 3 heterocycles. The molecule has 1 saturated heterocycles. The Morgan fingerprint density at radius 2 is 1.96 bits per heavy atom. The quantitative estimate of drug-likeness (QED) is 0.653. The third-order valence-corrected chi connectivity index (χ3v) is 5.16. The normalized spacial score (nSPS) is 17.1. The summed E-state index contributed by atoms with van der Waals surface area (Å²) in [6.07, 6.45) is 6.99. The second-order valence-electron chi connectivity index (χ2n) is 7.07. The maximum atomic E-state index is 5.34. The van der Waals surface area contributed by atoms with Gasteiger partial charge in [0.05, 0.1) is 18.8 Å². The van der Waals surface area contributed by atoms with Gasteiger partial charge < -0.3 is 4.74 Å². The molecule has 138 valence electrons. The molecule has 0 spiro atoms. The van der Waals surface area contributed by atoms with E-state index in [2.05, 4.69) is 46.3 Å². The summed E-state index contributed by atoms with van der Waals surface area (Å²) in [5, 5.41) is 0. The number of nitrogens with zero attached hydrogens (tertiary/aromatic N) is 3. The Labute approximate surface area is 160 Å². The lowest BCUT2D eigenvalue weighted by molar-refractivity contribution is 0.244. The van der Waals surface area contributed by atoms with Crippen LogP contribution in [0.4, 0.5) is 0 Å². The number of rotatable bonds is 6. The Balaban J connectivity index is 1.51. The van der Waals surface area contributed by atoms with Gasteiger partial charge in [0.2, 0.25) is 0 Å². The number of methoxy groups -OCH3 is 1. The third-order valence-electron chi connectivity index (χ3n) is 5.16. The van der Waals surface area contributed by atoms with Crippen molar-refractivity contribution < 1.29 is 4.74 Å². The van der Waals surface area contributed by atoms with Crippen molar-refractivity contribution in [3.05, 3.63) is 89.5 Å². The number of benzene rings is 1. The van der Waals surface area contributed by atoms with Crippen molar-refractivity contribution in [2.24, 2.45) is 0 Å². The van der Waals surface area contributed by atoms with E-state index < -0.39 is 0 Å². The van der Waals surface area contributed by atoms with E-state index in [1.54, 1.807) is 7.11 Å². The Kier molecular flexibility index (Phi) is 5.45. The summed E-state index contributed by atoms with van der Waals surface area (Å²) in [6, 6.07) is 19.2. The lowest BCUT2D eigenvalue weighted by atomic mass is 10.1. The van der Waals surface area contributed by atoms with Crippen molar-refractivity contribution >= 4 is 0 Å². The molecule has 1 fully saturated rings. The fourth-order valence-electron chi connectivity index (χ4n) is 3.85. The monoisotopic (exact) mass is 359 g/mol. The van der Waals surface area contributed by atoms with Crippen molar-refractivity contribution in [2.45, 2.75) is 31.8 Å². The predicted molar refractivity (Wildman–Crippen MR) is 107 cm³/mol. The van der Waals surface area contributed by atoms with E-state index in [1.807, 2.05) is 30.6 Å². The summed E-state index contributed by atoms with van der Waals surface area (Å²) in [4.78, 5) is 11.8. The van der Waals surface area contributed by atoms with E-state index >= 15 is 0 Å². The van der Waals surface area contributed by atoms with E-state index in [1.165, 1.54) is 23.2 Å². The van der Waals surface area contributed by atoms with E-state index in [0.29, 0.717) is 6.04 Å². The number of pyridine rings is 2. The Morgan fingerprint density at radius 3 is 2.81 bits per heavy atom. The number of ether oxygens (including phenoxy) is 1. The van der Waals surface area contributed by atoms with Gasteiger partial charge in [0.15, 0.2) is 0 Å². The Hall–Kier alpha value is -2.72. The molecule has 1 unspecified atom stereocenters. The predicted octanol–water partition coefficient (Wildman–Crippen LogP) is 4.41. The molecule has 0 saturated carbocycles. The van der Waals surface area contributed by atoms with Crippen LogP contribution in [0.5, 0.6) is 5.75 Å². The zero-order valence-corrected chi connectivity index (χ0v) is 15.7. The van der Waals surface area contributed by atoms with Crippen molar-refractivity contribution in [3.63, 3.8) is 0 Å². The zero-order valence-electron chi connectivity index (χ0n) is 15.7. The molecule has 0 amide bonds. The van der Waals surface area contributed by atoms with Gasteiger partial charge in [0, 0.05) is 31.1 Å². The lowest BCUT2D eigenvalue weighted by Gasteiger charge is -2.24. The molecular formula is C23H25N3O. The minimum atomic E-state index is 0.385. The van der Waals surface area contributed by atoms with Crippen LogP contribution >= 0.6 is 0 Å². The molecule has 0 N–H and O–H groups in total. The summed E-state index contributed by atoms with van der Waals surface area (Å²) in [5.74, 6) is 0.891. The molecule has 4 heteroatoms. The largest absolute Gasteiger partial charge is 0.497 e. The van der Waals surface area contributed by atoms with Crippen LogP contribution in [0.3, 0.4) is 0 Å². The molecule has 1 aromatic carbocycles. The maximum Gasteiger partial charge on any atom is 0.119 e. The first-order valence-electron chi connectivity index (χ1n) is 9.53. The van der Waals surface area contributed by atoms with Gasteiger partial charge in [-0.25, -0.2) is 0 Å². The summed E-state index contributed by atoms with van der Waals surface area (Å²) in [6.45, 7) is 2.04. The van der Waals surface area contributed by atoms with E-state index in [9.17, 15) is 0 Å². The van der Waals surface area contributed by atoms with Crippen molar-refractivity contribution in [1.82, 2.24) is 14.9 Å². The molecule has 4 nitrogen and oxygen atoms in total. The van der Waals surface area contributed by atoms with Gasteiger partial charge in [-0.2, -0.15) is 0 Å². The Morgan fingerprint density at radius 1 is 1.07 bits per heavy atom. The van der Waals surface area contributed by atoms with Crippen LogP contribution in [0.2, 0.25) is 0 Å². The number of hydrogen-bond donors (Lipinski definition) is 0. The summed E-state index contributed by atoms with van der Waals surface area (Å²) in [5.41, 5.74) is 4.76. The minimum Gasteiger partial charge on any atom is -0.497 e. The van der Waals surface area contributed by atoms with Crippen LogP contribution < -0.4 is 4.74 Å². The maximum absolute atomic E-state index is 5.34. The summed E-state index contributed by atoms with van der Waals surface area (Å²) in [7, 11) is 1.70. The first-order valence-corrected chi connectivity index (χ1v) is 9.53. The molecule has 0 bridgehead atoms. The first-order chi connectivity index (χ1) is 13.3. The standard InChI is InChI=1S/C23H25N3O/c1-27-21-9-2-6-18(15-21)14-20-8-3-10-22(25-20)23-11-5-13-26(23)17-19-7-4-12-24-16-19/h2-4,6-10,12,15-16,23H,5,11,13-14,17H2,1H3. The molecule has 1 aliphatic heterocycles. The molecular weight excluding hydrogens is 334 g/mol. The fraction of sp³-hybridized carbons (Fsp3) is 0.304. The van der Waals surface area contributed by atoms with Crippen LogP contribution in [-0.2, 0) is 13.0 Å². The molecule has 0 aliphatic carbocycles. The van der Waals surface area contributed by atoms with Gasteiger partial charge in [-0.05, 0) is 60.8 Å². The fourth-order valence-corrected chi connectivity index (χ4v) is 3.85. The Bertz CT molecular complexity index is 882. The highest BCUT2D eigenvalue weighted by Crippen LogP contribution is 2.32. The van der Waals surface area contributed by atoms with Crippen LogP contribution in [0.15, 0.2) is 67.0 Å². The van der Waals surface area contributed by atoms with Gasteiger partial charge in [-0.3, -0.25) is 14.9 Å². The van der Waals surface area contributed by atoms with Crippen LogP contribution in [0.25, 0.3) is 0 Å². The van der Waals surface area contributed by atoms with Crippen molar-refractivity contribution in [1.29, 1.82) is 0 Å². The van der Waals surface area contributed by atoms with Crippen molar-refractivity contribution in [2.75, 3.05) is 13.7 Å². The highest BCUT2D eigenvalue weighted by Gasteiger charge is 2.27. The minimum absolute atomic E-state index is 0.385. The number of aromatic nitrogens is 2. The SMILES string of the molecule is COc1cccc(Cc2cccc(C3CCCN3Cc3cccnc3)n2)c1. The molecule has 2 aromatic heterocycles. The second kappa shape index (κ2) is 8.31. The highest BCUT2D eigenvalue weighted by molar-refractivity contribution is 5.31. The van der Waals surface area contributed by atoms with Gasteiger partial charge in [0.1, 0.15) is 5.75 Å². The second-order valence-corrected chi connectivity index (χ2v) is 7.07. The molecule has 3 aromatic rings. The highest BCUT2D eigenvalue weighted by atomic mass is 16.5. The smallest absolute Gasteiger partial charge is 0.119 e. The van der Waals surface area contributed by atoms with E-state index in [-0.39, 0.29) is 0 Å². The van der Waals surface area contributed by atoms with Crippen molar-refractivity contribution in [3.8, 4) is 5.75 Å². The van der Waals surface area contributed by atoms with Gasteiger partial charge in [0.25, 0.3) is 0 Å². The first kappa shape index (κ1) is 17.7. The summed E-state index contributed by atoms with van der Waals surface area (Å²) < 4.78 is 5.34. The zero-order chi connectivity index (χ0) is 18.5. The van der Waals surface area contributed by atoms with E-state index in [0.717, 1.165) is 37.4 Å². The average Bonchev–Trinajstić information content (AvgIpc) is 3.17.